The first-order chi connectivity index (χ1) is 10.2. The standard InChI is InChI=1S/C15H15N3O2S/c19-15(20)11-4-3-5-12(8-11)21-14-9-13(16-10-17-14)18-6-1-2-7-18/h3-5,8-10H,1-2,6-7H2,(H,19,20). The van der Waals surface area contributed by atoms with Gasteiger partial charge in [-0.3, -0.25) is 0 Å². The Morgan fingerprint density at radius 1 is 1.19 bits per heavy atom. The first-order valence-electron chi connectivity index (χ1n) is 6.80. The number of hydrogen-bond acceptors (Lipinski definition) is 5. The number of aromatic carboxylic acids is 1. The number of anilines is 1. The molecule has 0 spiro atoms. The fourth-order valence-corrected chi connectivity index (χ4v) is 3.16. The molecule has 6 heteroatoms. The SMILES string of the molecule is O=C(O)c1cccc(Sc2cc(N3CCCC3)ncn2)c1. The van der Waals surface area contributed by atoms with Crippen LogP contribution in [0.25, 0.3) is 0 Å². The highest BCUT2D eigenvalue weighted by atomic mass is 32.2. The molecule has 108 valence electrons. The summed E-state index contributed by atoms with van der Waals surface area (Å²) in [4.78, 5) is 22.7. The largest absolute Gasteiger partial charge is 0.478 e. The zero-order valence-electron chi connectivity index (χ0n) is 11.4. The van der Waals surface area contributed by atoms with Gasteiger partial charge in [-0.05, 0) is 31.0 Å². The van der Waals surface area contributed by atoms with E-state index in [-0.39, 0.29) is 5.56 Å². The lowest BCUT2D eigenvalue weighted by molar-refractivity contribution is 0.0696. The van der Waals surface area contributed by atoms with E-state index in [9.17, 15) is 4.79 Å². The number of aromatic nitrogens is 2. The number of rotatable bonds is 4. The maximum Gasteiger partial charge on any atom is 0.335 e. The molecule has 1 aromatic heterocycles. The van der Waals surface area contributed by atoms with Gasteiger partial charge in [-0.1, -0.05) is 17.8 Å². The third kappa shape index (κ3) is 3.33. The van der Waals surface area contributed by atoms with Crippen LogP contribution >= 0.6 is 11.8 Å². The zero-order valence-corrected chi connectivity index (χ0v) is 12.2. The Hall–Kier alpha value is -2.08. The number of benzene rings is 1. The molecule has 21 heavy (non-hydrogen) atoms. The number of nitrogens with zero attached hydrogens (tertiary/aromatic N) is 3. The van der Waals surface area contributed by atoms with Crippen LogP contribution in [-0.2, 0) is 0 Å². The maximum absolute atomic E-state index is 11.0. The molecule has 0 unspecified atom stereocenters. The summed E-state index contributed by atoms with van der Waals surface area (Å²) in [7, 11) is 0. The molecular weight excluding hydrogens is 286 g/mol. The Bertz CT molecular complexity index is 657. The summed E-state index contributed by atoms with van der Waals surface area (Å²) in [6.45, 7) is 2.07. The van der Waals surface area contributed by atoms with Gasteiger partial charge in [-0.2, -0.15) is 0 Å². The van der Waals surface area contributed by atoms with Gasteiger partial charge < -0.3 is 10.0 Å². The fourth-order valence-electron chi connectivity index (χ4n) is 2.32. The monoisotopic (exact) mass is 301 g/mol. The van der Waals surface area contributed by atoms with E-state index in [1.807, 2.05) is 12.1 Å². The van der Waals surface area contributed by atoms with E-state index in [0.29, 0.717) is 0 Å². The van der Waals surface area contributed by atoms with E-state index >= 15 is 0 Å². The quantitative estimate of drug-likeness (QED) is 0.876. The molecule has 2 heterocycles. The average Bonchev–Trinajstić information content (AvgIpc) is 3.02. The van der Waals surface area contributed by atoms with Crippen molar-refractivity contribution in [3.63, 3.8) is 0 Å². The summed E-state index contributed by atoms with van der Waals surface area (Å²) < 4.78 is 0. The molecule has 0 amide bonds. The molecule has 1 aromatic carbocycles. The van der Waals surface area contributed by atoms with Crippen molar-refractivity contribution in [3.8, 4) is 0 Å². The lowest BCUT2D eigenvalue weighted by Gasteiger charge is -2.16. The number of carboxylic acids is 1. The first kappa shape index (κ1) is 13.9. The minimum atomic E-state index is -0.919. The van der Waals surface area contributed by atoms with Crippen LogP contribution in [0.4, 0.5) is 5.82 Å². The van der Waals surface area contributed by atoms with Crippen LogP contribution in [-0.4, -0.2) is 34.1 Å². The van der Waals surface area contributed by atoms with E-state index in [4.69, 9.17) is 5.11 Å². The van der Waals surface area contributed by atoms with Crippen molar-refractivity contribution in [2.45, 2.75) is 22.8 Å². The minimum Gasteiger partial charge on any atom is -0.478 e. The fraction of sp³-hybridized carbons (Fsp3) is 0.267. The predicted octanol–water partition coefficient (Wildman–Crippen LogP) is 2.93. The van der Waals surface area contributed by atoms with Crippen molar-refractivity contribution in [2.75, 3.05) is 18.0 Å². The Labute approximate surface area is 127 Å². The van der Waals surface area contributed by atoms with Crippen LogP contribution in [0.5, 0.6) is 0 Å². The zero-order chi connectivity index (χ0) is 14.7. The molecule has 3 rings (SSSR count). The van der Waals surface area contributed by atoms with Gasteiger partial charge in [0.2, 0.25) is 0 Å². The van der Waals surface area contributed by atoms with Crippen LogP contribution in [0.15, 0.2) is 46.6 Å². The highest BCUT2D eigenvalue weighted by Crippen LogP contribution is 2.29. The van der Waals surface area contributed by atoms with E-state index in [0.717, 1.165) is 28.8 Å². The van der Waals surface area contributed by atoms with Gasteiger partial charge in [0.1, 0.15) is 17.2 Å². The minimum absolute atomic E-state index is 0.286. The number of carboxylic acid groups (broad SMARTS) is 1. The summed E-state index contributed by atoms with van der Waals surface area (Å²) in [5, 5.41) is 9.85. The van der Waals surface area contributed by atoms with Gasteiger partial charge >= 0.3 is 5.97 Å². The summed E-state index contributed by atoms with van der Waals surface area (Å²) in [6, 6.07) is 8.83. The molecule has 1 aliphatic rings. The van der Waals surface area contributed by atoms with E-state index in [1.165, 1.54) is 24.6 Å². The molecule has 1 N–H and O–H groups in total. The van der Waals surface area contributed by atoms with Gasteiger partial charge in [0.05, 0.1) is 5.56 Å². The number of carbonyl (C=O) groups is 1. The molecular formula is C15H15N3O2S. The van der Waals surface area contributed by atoms with Gasteiger partial charge in [0.25, 0.3) is 0 Å². The van der Waals surface area contributed by atoms with E-state index < -0.39 is 5.97 Å². The number of hydrogen-bond donors (Lipinski definition) is 1. The average molecular weight is 301 g/mol. The smallest absolute Gasteiger partial charge is 0.335 e. The summed E-state index contributed by atoms with van der Waals surface area (Å²) in [6.07, 6.45) is 3.97. The second-order valence-corrected chi connectivity index (χ2v) is 5.94. The van der Waals surface area contributed by atoms with Crippen LogP contribution in [0, 0.1) is 0 Å². The van der Waals surface area contributed by atoms with E-state index in [1.54, 1.807) is 24.5 Å². The Morgan fingerprint density at radius 3 is 2.76 bits per heavy atom. The van der Waals surface area contributed by atoms with Crippen molar-refractivity contribution in [3.05, 3.63) is 42.2 Å². The third-order valence-corrected chi connectivity index (χ3v) is 4.28. The van der Waals surface area contributed by atoms with Crippen molar-refractivity contribution < 1.29 is 9.90 Å². The lowest BCUT2D eigenvalue weighted by atomic mass is 10.2. The molecule has 1 aliphatic heterocycles. The molecule has 0 bridgehead atoms. The van der Waals surface area contributed by atoms with Crippen LogP contribution in [0.1, 0.15) is 23.2 Å². The predicted molar refractivity (Wildman–Crippen MR) is 81.0 cm³/mol. The van der Waals surface area contributed by atoms with Crippen LogP contribution in [0.2, 0.25) is 0 Å². The molecule has 5 nitrogen and oxygen atoms in total. The third-order valence-electron chi connectivity index (χ3n) is 3.36. The topological polar surface area (TPSA) is 66.3 Å². The normalized spacial score (nSPS) is 14.4. The summed E-state index contributed by atoms with van der Waals surface area (Å²) in [5.74, 6) is 0.0253. The van der Waals surface area contributed by atoms with Gasteiger partial charge in [0.15, 0.2) is 0 Å². The first-order valence-corrected chi connectivity index (χ1v) is 7.62. The Kier molecular flexibility index (Phi) is 4.06. The second kappa shape index (κ2) is 6.13. The van der Waals surface area contributed by atoms with Crippen molar-refractivity contribution in [1.29, 1.82) is 0 Å². The highest BCUT2D eigenvalue weighted by molar-refractivity contribution is 7.99. The van der Waals surface area contributed by atoms with Crippen molar-refractivity contribution >= 4 is 23.5 Å². The van der Waals surface area contributed by atoms with Gasteiger partial charge in [-0.25, -0.2) is 14.8 Å². The molecule has 1 saturated heterocycles. The summed E-state index contributed by atoms with van der Waals surface area (Å²) in [5.41, 5.74) is 0.286. The Morgan fingerprint density at radius 2 is 2.00 bits per heavy atom. The molecule has 0 radical (unpaired) electrons. The molecule has 0 aliphatic carbocycles. The summed E-state index contributed by atoms with van der Waals surface area (Å²) >= 11 is 1.45. The van der Waals surface area contributed by atoms with Crippen molar-refractivity contribution in [1.82, 2.24) is 9.97 Å². The lowest BCUT2D eigenvalue weighted by Crippen LogP contribution is -2.18. The highest BCUT2D eigenvalue weighted by Gasteiger charge is 2.14. The molecule has 0 atom stereocenters. The van der Waals surface area contributed by atoms with Crippen LogP contribution in [0.3, 0.4) is 0 Å². The molecule has 2 aromatic rings. The van der Waals surface area contributed by atoms with Crippen molar-refractivity contribution in [2.24, 2.45) is 0 Å². The maximum atomic E-state index is 11.0. The van der Waals surface area contributed by atoms with Gasteiger partial charge in [-0.15, -0.1) is 0 Å². The molecule has 1 fully saturated rings. The second-order valence-electron chi connectivity index (χ2n) is 4.84. The van der Waals surface area contributed by atoms with Gasteiger partial charge in [0, 0.05) is 24.1 Å². The molecule has 0 saturated carbocycles. The Balaban J connectivity index is 1.79. The van der Waals surface area contributed by atoms with E-state index in [2.05, 4.69) is 14.9 Å². The van der Waals surface area contributed by atoms with Crippen LogP contribution < -0.4 is 4.90 Å².